The molecule has 0 unspecified atom stereocenters. The van der Waals surface area contributed by atoms with Crippen molar-refractivity contribution in [2.24, 2.45) is 0 Å². The molecular weight excluding hydrogens is 286 g/mol. The van der Waals surface area contributed by atoms with Gasteiger partial charge in [-0.25, -0.2) is 0 Å². The van der Waals surface area contributed by atoms with Crippen molar-refractivity contribution in [1.29, 1.82) is 0 Å². The largest absolute Gasteiger partial charge is 0.493 e. The average Bonchev–Trinajstić information content (AvgIpc) is 2.34. The van der Waals surface area contributed by atoms with Crippen LogP contribution < -0.4 is 20.9 Å². The first kappa shape index (κ1) is 17.2. The van der Waals surface area contributed by atoms with Crippen molar-refractivity contribution in [2.75, 3.05) is 6.61 Å². The predicted octanol–water partition coefficient (Wildman–Crippen LogP) is 2.06. The summed E-state index contributed by atoms with van der Waals surface area (Å²) in [6, 6.07) is 7.71. The van der Waals surface area contributed by atoms with Crippen molar-refractivity contribution in [1.82, 2.24) is 16.2 Å². The van der Waals surface area contributed by atoms with Crippen LogP contribution in [0.1, 0.15) is 32.8 Å². The molecule has 0 aliphatic heterocycles. The van der Waals surface area contributed by atoms with Gasteiger partial charge in [0, 0.05) is 5.54 Å². The number of carbonyl (C=O) groups is 1. The van der Waals surface area contributed by atoms with Gasteiger partial charge in [-0.05, 0) is 57.6 Å². The molecule has 21 heavy (non-hydrogen) atoms. The monoisotopic (exact) mass is 309 g/mol. The van der Waals surface area contributed by atoms with Gasteiger partial charge in [-0.2, -0.15) is 0 Å². The molecule has 0 aromatic heterocycles. The van der Waals surface area contributed by atoms with Crippen LogP contribution in [0.2, 0.25) is 0 Å². The van der Waals surface area contributed by atoms with Crippen molar-refractivity contribution >= 4 is 23.2 Å². The Hall–Kier alpha value is -1.82. The van der Waals surface area contributed by atoms with Gasteiger partial charge in [0.15, 0.2) is 5.11 Å². The Labute approximate surface area is 131 Å². The van der Waals surface area contributed by atoms with E-state index in [9.17, 15) is 4.79 Å². The van der Waals surface area contributed by atoms with Crippen LogP contribution in [0, 0.1) is 6.92 Å². The molecule has 0 spiro atoms. The minimum Gasteiger partial charge on any atom is -0.493 e. The van der Waals surface area contributed by atoms with E-state index in [0.29, 0.717) is 11.7 Å². The molecular formula is C15H23N3O2S. The Morgan fingerprint density at radius 1 is 1.29 bits per heavy atom. The van der Waals surface area contributed by atoms with E-state index in [1.54, 1.807) is 0 Å². The smallest absolute Gasteiger partial charge is 0.241 e. The number of hydrazine groups is 1. The molecule has 0 bridgehead atoms. The molecule has 0 fully saturated rings. The first-order valence-electron chi connectivity index (χ1n) is 6.83. The number of amides is 1. The van der Waals surface area contributed by atoms with E-state index in [1.165, 1.54) is 0 Å². The lowest BCUT2D eigenvalue weighted by molar-refractivity contribution is -0.122. The highest BCUT2D eigenvalue weighted by Gasteiger charge is 2.11. The van der Waals surface area contributed by atoms with Gasteiger partial charge >= 0.3 is 0 Å². The highest BCUT2D eigenvalue weighted by molar-refractivity contribution is 7.80. The van der Waals surface area contributed by atoms with Crippen LogP contribution in [-0.4, -0.2) is 23.2 Å². The second-order valence-corrected chi connectivity index (χ2v) is 6.20. The minimum absolute atomic E-state index is 0.150. The standard InChI is InChI=1S/C15H23N3O2S/c1-11-6-5-7-12(10-11)20-9-8-13(19)17-18-14(21)16-15(2,3)4/h5-7,10H,8-9H2,1-4H3,(H,17,19)(H2,16,18,21). The first-order chi connectivity index (χ1) is 9.76. The molecule has 1 aromatic carbocycles. The molecule has 0 saturated heterocycles. The van der Waals surface area contributed by atoms with Gasteiger partial charge in [-0.3, -0.25) is 15.6 Å². The molecule has 0 radical (unpaired) electrons. The fraction of sp³-hybridized carbons (Fsp3) is 0.467. The Balaban J connectivity index is 2.21. The Bertz CT molecular complexity index is 498. The van der Waals surface area contributed by atoms with E-state index in [-0.39, 0.29) is 17.9 Å². The number of hydrogen-bond acceptors (Lipinski definition) is 3. The van der Waals surface area contributed by atoms with Crippen molar-refractivity contribution in [2.45, 2.75) is 39.7 Å². The molecule has 1 aromatic rings. The maximum Gasteiger partial charge on any atom is 0.241 e. The van der Waals surface area contributed by atoms with Gasteiger partial charge in [-0.1, -0.05) is 12.1 Å². The average molecular weight is 309 g/mol. The zero-order valence-electron chi connectivity index (χ0n) is 12.9. The summed E-state index contributed by atoms with van der Waals surface area (Å²) < 4.78 is 5.51. The fourth-order valence-corrected chi connectivity index (χ4v) is 1.88. The maximum atomic E-state index is 11.6. The van der Waals surface area contributed by atoms with E-state index >= 15 is 0 Å². The van der Waals surface area contributed by atoms with Crippen LogP contribution in [0.25, 0.3) is 0 Å². The van der Waals surface area contributed by atoms with Gasteiger partial charge in [0.1, 0.15) is 5.75 Å². The molecule has 5 nitrogen and oxygen atoms in total. The number of ether oxygens (including phenoxy) is 1. The quantitative estimate of drug-likeness (QED) is 0.587. The summed E-state index contributed by atoms with van der Waals surface area (Å²) >= 11 is 5.06. The lowest BCUT2D eigenvalue weighted by atomic mass is 10.1. The second-order valence-electron chi connectivity index (χ2n) is 5.79. The van der Waals surface area contributed by atoms with E-state index in [0.717, 1.165) is 11.3 Å². The number of hydrogen-bond donors (Lipinski definition) is 3. The van der Waals surface area contributed by atoms with Crippen LogP contribution in [0.15, 0.2) is 24.3 Å². The van der Waals surface area contributed by atoms with Gasteiger partial charge < -0.3 is 10.1 Å². The topological polar surface area (TPSA) is 62.4 Å². The fourth-order valence-electron chi connectivity index (χ4n) is 1.53. The van der Waals surface area contributed by atoms with Crippen LogP contribution in [0.3, 0.4) is 0 Å². The number of aryl methyl sites for hydroxylation is 1. The Morgan fingerprint density at radius 3 is 2.62 bits per heavy atom. The highest BCUT2D eigenvalue weighted by Crippen LogP contribution is 2.12. The van der Waals surface area contributed by atoms with E-state index in [4.69, 9.17) is 17.0 Å². The van der Waals surface area contributed by atoms with Gasteiger partial charge in [-0.15, -0.1) is 0 Å². The molecule has 116 valence electrons. The zero-order valence-corrected chi connectivity index (χ0v) is 13.8. The predicted molar refractivity (Wildman–Crippen MR) is 88.1 cm³/mol. The molecule has 0 saturated carbocycles. The third-order valence-corrected chi connectivity index (χ3v) is 2.60. The Morgan fingerprint density at radius 2 is 2.00 bits per heavy atom. The first-order valence-corrected chi connectivity index (χ1v) is 7.23. The summed E-state index contributed by atoms with van der Waals surface area (Å²) in [4.78, 5) is 11.6. The normalized spacial score (nSPS) is 10.7. The summed E-state index contributed by atoms with van der Waals surface area (Å²) in [7, 11) is 0. The second kappa shape index (κ2) is 7.83. The number of benzene rings is 1. The molecule has 1 amide bonds. The molecule has 1 rings (SSSR count). The zero-order chi connectivity index (χ0) is 15.9. The lowest BCUT2D eigenvalue weighted by Gasteiger charge is -2.23. The molecule has 3 N–H and O–H groups in total. The number of rotatable bonds is 4. The molecule has 0 atom stereocenters. The van der Waals surface area contributed by atoms with Crippen molar-refractivity contribution in [3.8, 4) is 5.75 Å². The SMILES string of the molecule is Cc1cccc(OCCC(=O)NNC(=S)NC(C)(C)C)c1. The van der Waals surface area contributed by atoms with Gasteiger partial charge in [0.2, 0.25) is 5.91 Å². The third-order valence-electron chi connectivity index (χ3n) is 2.39. The summed E-state index contributed by atoms with van der Waals surface area (Å²) in [5.74, 6) is 0.585. The minimum atomic E-state index is -0.180. The summed E-state index contributed by atoms with van der Waals surface area (Å²) in [5.41, 5.74) is 6.16. The van der Waals surface area contributed by atoms with Crippen molar-refractivity contribution in [3.63, 3.8) is 0 Å². The Kier molecular flexibility index (Phi) is 6.42. The van der Waals surface area contributed by atoms with Crippen molar-refractivity contribution < 1.29 is 9.53 Å². The van der Waals surface area contributed by atoms with E-state index in [1.807, 2.05) is 52.0 Å². The number of nitrogens with one attached hydrogen (secondary N) is 3. The molecule has 6 heteroatoms. The molecule has 0 aliphatic rings. The van der Waals surface area contributed by atoms with Crippen LogP contribution in [-0.2, 0) is 4.79 Å². The van der Waals surface area contributed by atoms with Crippen LogP contribution in [0.4, 0.5) is 0 Å². The number of thiocarbonyl (C=S) groups is 1. The third kappa shape index (κ3) is 8.14. The lowest BCUT2D eigenvalue weighted by Crippen LogP contribution is -2.52. The highest BCUT2D eigenvalue weighted by atomic mass is 32.1. The summed E-state index contributed by atoms with van der Waals surface area (Å²) in [6.45, 7) is 8.26. The van der Waals surface area contributed by atoms with E-state index in [2.05, 4.69) is 16.2 Å². The van der Waals surface area contributed by atoms with Gasteiger partial charge in [0.25, 0.3) is 0 Å². The van der Waals surface area contributed by atoms with E-state index < -0.39 is 0 Å². The van der Waals surface area contributed by atoms with Crippen LogP contribution in [0.5, 0.6) is 5.75 Å². The molecule has 0 aliphatic carbocycles. The summed E-state index contributed by atoms with van der Waals surface area (Å²) in [6.07, 6.45) is 0.249. The van der Waals surface area contributed by atoms with Crippen LogP contribution >= 0.6 is 12.2 Å². The van der Waals surface area contributed by atoms with Gasteiger partial charge in [0.05, 0.1) is 13.0 Å². The summed E-state index contributed by atoms with van der Waals surface area (Å²) in [5, 5.41) is 3.42. The molecule has 0 heterocycles. The maximum absolute atomic E-state index is 11.6. The van der Waals surface area contributed by atoms with Crippen molar-refractivity contribution in [3.05, 3.63) is 29.8 Å². The number of carbonyl (C=O) groups excluding carboxylic acids is 1.